The Hall–Kier alpha value is -2.60. The molecule has 0 aliphatic carbocycles. The molecule has 0 aliphatic heterocycles. The van der Waals surface area contributed by atoms with Crippen LogP contribution in [0.4, 0.5) is 5.69 Å². The number of fused-ring (bicyclic) bond motifs is 1. The summed E-state index contributed by atoms with van der Waals surface area (Å²) >= 11 is 1.19. The topological polar surface area (TPSA) is 60.3 Å². The first-order chi connectivity index (χ1) is 13.3. The second kappa shape index (κ2) is 8.19. The third kappa shape index (κ3) is 4.28. The number of aryl methyl sites for hydroxylation is 2. The molecular weight excluding hydrogens is 372 g/mol. The fraction of sp³-hybridized carbons (Fsp3) is 0.364. The van der Waals surface area contributed by atoms with Gasteiger partial charge in [0.1, 0.15) is 5.75 Å². The second-order valence-corrected chi connectivity index (χ2v) is 8.33. The fourth-order valence-corrected chi connectivity index (χ4v) is 4.37. The van der Waals surface area contributed by atoms with E-state index in [2.05, 4.69) is 11.4 Å². The van der Waals surface area contributed by atoms with Crippen molar-refractivity contribution in [3.05, 3.63) is 57.2 Å². The molecule has 5 nitrogen and oxygen atoms in total. The summed E-state index contributed by atoms with van der Waals surface area (Å²) in [5.41, 5.74) is 3.75. The van der Waals surface area contributed by atoms with Crippen LogP contribution in [0.15, 0.2) is 41.2 Å². The van der Waals surface area contributed by atoms with E-state index in [1.165, 1.54) is 11.3 Å². The van der Waals surface area contributed by atoms with Crippen LogP contribution in [0.2, 0.25) is 0 Å². The minimum Gasteiger partial charge on any atom is -0.481 e. The molecule has 0 spiro atoms. The van der Waals surface area contributed by atoms with Gasteiger partial charge < -0.3 is 10.1 Å². The van der Waals surface area contributed by atoms with Gasteiger partial charge in [-0.3, -0.25) is 14.2 Å². The van der Waals surface area contributed by atoms with Gasteiger partial charge in [0.15, 0.2) is 6.10 Å². The summed E-state index contributed by atoms with van der Waals surface area (Å²) in [5.74, 6) is 0.499. The Kier molecular flexibility index (Phi) is 5.89. The lowest BCUT2D eigenvalue weighted by atomic mass is 10.1. The first-order valence-corrected chi connectivity index (χ1v) is 10.3. The molecule has 3 aromatic rings. The number of hydrogen-bond donors (Lipinski definition) is 1. The van der Waals surface area contributed by atoms with E-state index >= 15 is 0 Å². The van der Waals surface area contributed by atoms with Gasteiger partial charge in [0, 0.05) is 11.7 Å². The van der Waals surface area contributed by atoms with Crippen LogP contribution in [0.25, 0.3) is 10.2 Å². The van der Waals surface area contributed by atoms with E-state index in [9.17, 15) is 9.59 Å². The summed E-state index contributed by atoms with van der Waals surface area (Å²) < 4.78 is 8.57. The lowest BCUT2D eigenvalue weighted by Crippen LogP contribution is -2.32. The Morgan fingerprint density at radius 1 is 1.14 bits per heavy atom. The van der Waals surface area contributed by atoms with Gasteiger partial charge in [-0.25, -0.2) is 0 Å². The Morgan fingerprint density at radius 2 is 1.82 bits per heavy atom. The molecule has 6 heteroatoms. The summed E-state index contributed by atoms with van der Waals surface area (Å²) in [6.45, 7) is 9.90. The summed E-state index contributed by atoms with van der Waals surface area (Å²) in [4.78, 5) is 24.9. The zero-order valence-corrected chi connectivity index (χ0v) is 17.7. The highest BCUT2D eigenvalue weighted by Gasteiger charge is 2.19. The normalized spacial score (nSPS) is 12.4. The summed E-state index contributed by atoms with van der Waals surface area (Å²) in [6.07, 6.45) is -0.0334. The van der Waals surface area contributed by atoms with Crippen LogP contribution in [0.3, 0.4) is 0 Å². The molecule has 3 rings (SSSR count). The Morgan fingerprint density at radius 3 is 2.43 bits per heavy atom. The van der Waals surface area contributed by atoms with Crippen molar-refractivity contribution in [3.8, 4) is 5.75 Å². The van der Waals surface area contributed by atoms with Gasteiger partial charge in [0.05, 0.1) is 10.2 Å². The number of rotatable bonds is 6. The van der Waals surface area contributed by atoms with Crippen LogP contribution in [-0.4, -0.2) is 16.6 Å². The van der Waals surface area contributed by atoms with E-state index in [4.69, 9.17) is 4.74 Å². The van der Waals surface area contributed by atoms with Crippen molar-refractivity contribution < 1.29 is 9.53 Å². The predicted octanol–water partition coefficient (Wildman–Crippen LogP) is 5.06. The zero-order chi connectivity index (χ0) is 20.4. The molecular formula is C22H26N2O3S. The number of anilines is 1. The van der Waals surface area contributed by atoms with Gasteiger partial charge in [0.25, 0.3) is 5.91 Å². The quantitative estimate of drug-likeness (QED) is 0.631. The summed E-state index contributed by atoms with van der Waals surface area (Å²) in [7, 11) is 0. The highest BCUT2D eigenvalue weighted by atomic mass is 32.1. The third-order valence-corrected chi connectivity index (χ3v) is 5.45. The molecule has 1 N–H and O–H groups in total. The predicted molar refractivity (Wildman–Crippen MR) is 116 cm³/mol. The van der Waals surface area contributed by atoms with E-state index in [1.54, 1.807) is 4.57 Å². The number of hydrogen-bond acceptors (Lipinski definition) is 4. The standard InChI is InChI=1S/C22H26N2O3S/c1-6-19(27-17-10-14(4)9-15(5)11-17)21(25)23-16-7-8-18-20(12-16)28-22(26)24(18)13(2)3/h7-13,19H,6H2,1-5H3,(H,23,25). The number of amides is 1. The highest BCUT2D eigenvalue weighted by molar-refractivity contribution is 7.16. The van der Waals surface area contributed by atoms with Crippen molar-refractivity contribution in [2.45, 2.75) is 53.2 Å². The van der Waals surface area contributed by atoms with Crippen molar-refractivity contribution in [1.29, 1.82) is 0 Å². The van der Waals surface area contributed by atoms with E-state index in [1.807, 2.05) is 65.0 Å². The number of nitrogens with one attached hydrogen (secondary N) is 1. The SMILES string of the molecule is CCC(Oc1cc(C)cc(C)c1)C(=O)Nc1ccc2c(c1)sc(=O)n2C(C)C. The van der Waals surface area contributed by atoms with Gasteiger partial charge >= 0.3 is 4.87 Å². The largest absolute Gasteiger partial charge is 0.481 e. The fourth-order valence-electron chi connectivity index (χ4n) is 3.31. The second-order valence-electron chi connectivity index (χ2n) is 7.34. The number of benzene rings is 2. The molecule has 2 aromatic carbocycles. The zero-order valence-electron chi connectivity index (χ0n) is 16.9. The molecule has 0 fully saturated rings. The number of aromatic nitrogens is 1. The summed E-state index contributed by atoms with van der Waals surface area (Å²) in [5, 5.41) is 2.92. The first-order valence-electron chi connectivity index (χ1n) is 9.49. The number of carbonyl (C=O) groups is 1. The monoisotopic (exact) mass is 398 g/mol. The lowest BCUT2D eigenvalue weighted by molar-refractivity contribution is -0.122. The van der Waals surface area contributed by atoms with Crippen molar-refractivity contribution >= 4 is 33.1 Å². The van der Waals surface area contributed by atoms with Crippen LogP contribution in [0.5, 0.6) is 5.75 Å². The van der Waals surface area contributed by atoms with E-state index in [-0.39, 0.29) is 16.8 Å². The van der Waals surface area contributed by atoms with E-state index in [0.29, 0.717) is 17.9 Å². The molecule has 1 amide bonds. The molecule has 1 aromatic heterocycles. The van der Waals surface area contributed by atoms with Crippen LogP contribution >= 0.6 is 11.3 Å². The number of carbonyl (C=O) groups excluding carboxylic acids is 1. The third-order valence-electron chi connectivity index (χ3n) is 4.53. The van der Waals surface area contributed by atoms with Gasteiger partial charge in [-0.15, -0.1) is 0 Å². The lowest BCUT2D eigenvalue weighted by Gasteiger charge is -2.18. The molecule has 148 valence electrons. The molecule has 1 unspecified atom stereocenters. The van der Waals surface area contributed by atoms with Crippen LogP contribution in [-0.2, 0) is 4.79 Å². The average molecular weight is 399 g/mol. The number of nitrogens with zero attached hydrogens (tertiary/aromatic N) is 1. The molecule has 0 saturated carbocycles. The van der Waals surface area contributed by atoms with E-state index in [0.717, 1.165) is 21.3 Å². The number of thiazole rings is 1. The molecule has 0 saturated heterocycles. The van der Waals surface area contributed by atoms with Gasteiger partial charge in [-0.05, 0) is 75.6 Å². The van der Waals surface area contributed by atoms with Gasteiger partial charge in [-0.1, -0.05) is 24.3 Å². The number of ether oxygens (including phenoxy) is 1. The molecule has 28 heavy (non-hydrogen) atoms. The average Bonchev–Trinajstić information content (AvgIpc) is 2.93. The van der Waals surface area contributed by atoms with Gasteiger partial charge in [0.2, 0.25) is 0 Å². The molecule has 0 radical (unpaired) electrons. The van der Waals surface area contributed by atoms with Crippen molar-refractivity contribution in [2.75, 3.05) is 5.32 Å². The highest BCUT2D eigenvalue weighted by Crippen LogP contribution is 2.25. The molecule has 0 bridgehead atoms. The molecule has 1 heterocycles. The maximum absolute atomic E-state index is 12.7. The van der Waals surface area contributed by atoms with Crippen molar-refractivity contribution in [1.82, 2.24) is 4.57 Å². The van der Waals surface area contributed by atoms with Crippen molar-refractivity contribution in [2.24, 2.45) is 0 Å². The smallest absolute Gasteiger partial charge is 0.308 e. The molecule has 1 atom stereocenters. The van der Waals surface area contributed by atoms with Crippen LogP contribution in [0, 0.1) is 13.8 Å². The minimum atomic E-state index is -0.587. The van der Waals surface area contributed by atoms with Crippen molar-refractivity contribution in [3.63, 3.8) is 0 Å². The Bertz CT molecular complexity index is 1050. The van der Waals surface area contributed by atoms with Gasteiger partial charge in [-0.2, -0.15) is 0 Å². The first kappa shape index (κ1) is 20.1. The minimum absolute atomic E-state index is 0.0121. The van der Waals surface area contributed by atoms with Crippen LogP contribution in [0.1, 0.15) is 44.4 Å². The maximum Gasteiger partial charge on any atom is 0.308 e. The Balaban J connectivity index is 1.79. The van der Waals surface area contributed by atoms with Crippen LogP contribution < -0.4 is 14.9 Å². The summed E-state index contributed by atoms with van der Waals surface area (Å²) in [6, 6.07) is 11.6. The maximum atomic E-state index is 12.7. The molecule has 0 aliphatic rings. The van der Waals surface area contributed by atoms with E-state index < -0.39 is 6.10 Å². The Labute approximate surface area is 169 Å².